The van der Waals surface area contributed by atoms with E-state index < -0.39 is 0 Å². The van der Waals surface area contributed by atoms with Gasteiger partial charge in [-0.2, -0.15) is 5.10 Å². The van der Waals surface area contributed by atoms with Crippen LogP contribution in [0.4, 0.5) is 0 Å². The van der Waals surface area contributed by atoms with Crippen LogP contribution in [0.2, 0.25) is 0 Å². The Bertz CT molecular complexity index is 823. The van der Waals surface area contributed by atoms with Crippen LogP contribution in [0, 0.1) is 0 Å². The van der Waals surface area contributed by atoms with E-state index in [9.17, 15) is 4.79 Å². The maximum atomic E-state index is 11.0. The first-order valence-electron chi connectivity index (χ1n) is 7.40. The van der Waals surface area contributed by atoms with Gasteiger partial charge in [0.15, 0.2) is 11.6 Å². The third-order valence-electron chi connectivity index (χ3n) is 3.60. The van der Waals surface area contributed by atoms with Crippen LogP contribution in [-0.2, 0) is 6.54 Å². The lowest BCUT2D eigenvalue weighted by molar-refractivity contribution is 0.112. The molecule has 0 aliphatic rings. The van der Waals surface area contributed by atoms with Crippen LogP contribution in [-0.4, -0.2) is 28.2 Å². The minimum absolute atomic E-state index is 0.624. The van der Waals surface area contributed by atoms with Crippen molar-refractivity contribution in [2.45, 2.75) is 13.5 Å². The number of aryl methyl sites for hydroxylation is 1. The van der Waals surface area contributed by atoms with Gasteiger partial charge in [0.25, 0.3) is 0 Å². The topological polar surface area (TPSA) is 57.0 Å². The van der Waals surface area contributed by atoms with Gasteiger partial charge in [-0.05, 0) is 37.3 Å². The Kier molecular flexibility index (Phi) is 4.19. The van der Waals surface area contributed by atoms with Gasteiger partial charge in [0.2, 0.25) is 0 Å². The Morgan fingerprint density at radius 1 is 1.13 bits per heavy atom. The van der Waals surface area contributed by atoms with E-state index in [4.69, 9.17) is 4.74 Å². The zero-order chi connectivity index (χ0) is 16.2. The summed E-state index contributed by atoms with van der Waals surface area (Å²) in [5, 5.41) is 4.56. The molecule has 5 nitrogen and oxygen atoms in total. The molecule has 1 heterocycles. The van der Waals surface area contributed by atoms with Crippen LogP contribution in [0.25, 0.3) is 22.8 Å². The highest BCUT2D eigenvalue weighted by Crippen LogP contribution is 2.24. The van der Waals surface area contributed by atoms with E-state index in [2.05, 4.69) is 10.1 Å². The first-order chi connectivity index (χ1) is 11.2. The third kappa shape index (κ3) is 2.99. The van der Waals surface area contributed by atoms with Crippen molar-refractivity contribution in [2.24, 2.45) is 0 Å². The molecule has 0 spiro atoms. The van der Waals surface area contributed by atoms with E-state index in [1.807, 2.05) is 54.1 Å². The number of carbonyl (C=O) groups is 1. The molecule has 116 valence electrons. The van der Waals surface area contributed by atoms with Gasteiger partial charge < -0.3 is 4.74 Å². The molecule has 0 amide bonds. The Morgan fingerprint density at radius 2 is 1.91 bits per heavy atom. The Labute approximate surface area is 134 Å². The van der Waals surface area contributed by atoms with Gasteiger partial charge in [-0.25, -0.2) is 9.67 Å². The fourth-order valence-corrected chi connectivity index (χ4v) is 2.39. The van der Waals surface area contributed by atoms with Crippen molar-refractivity contribution in [3.8, 4) is 28.5 Å². The van der Waals surface area contributed by atoms with E-state index in [1.165, 1.54) is 0 Å². The maximum absolute atomic E-state index is 11.0. The van der Waals surface area contributed by atoms with Crippen molar-refractivity contribution in [3.05, 3.63) is 54.1 Å². The van der Waals surface area contributed by atoms with E-state index in [0.29, 0.717) is 17.9 Å². The Balaban J connectivity index is 2.04. The molecular weight excluding hydrogens is 290 g/mol. The number of aldehydes is 1. The quantitative estimate of drug-likeness (QED) is 0.677. The number of methoxy groups -OCH3 is 1. The standard InChI is InChI=1S/C18H17N3O2/c1-3-21-18(15-6-4-5-13(11-15)12-22)19-17(20-21)14-7-9-16(23-2)10-8-14/h4-12H,3H2,1-2H3. The molecule has 3 rings (SSSR count). The number of hydrogen-bond donors (Lipinski definition) is 0. The highest BCUT2D eigenvalue weighted by molar-refractivity contribution is 5.78. The molecule has 0 radical (unpaired) electrons. The number of aromatic nitrogens is 3. The lowest BCUT2D eigenvalue weighted by atomic mass is 10.1. The summed E-state index contributed by atoms with van der Waals surface area (Å²) in [6.07, 6.45) is 0.834. The zero-order valence-electron chi connectivity index (χ0n) is 13.1. The summed E-state index contributed by atoms with van der Waals surface area (Å²) < 4.78 is 7.01. The van der Waals surface area contributed by atoms with E-state index in [1.54, 1.807) is 13.2 Å². The van der Waals surface area contributed by atoms with Crippen LogP contribution in [0.1, 0.15) is 17.3 Å². The summed E-state index contributed by atoms with van der Waals surface area (Å²) >= 11 is 0. The highest BCUT2D eigenvalue weighted by Gasteiger charge is 2.13. The number of ether oxygens (including phenoxy) is 1. The fraction of sp³-hybridized carbons (Fsp3) is 0.167. The normalized spacial score (nSPS) is 10.5. The predicted octanol–water partition coefficient (Wildman–Crippen LogP) is 3.45. The summed E-state index contributed by atoms with van der Waals surface area (Å²) in [6, 6.07) is 15.0. The first kappa shape index (κ1) is 15.0. The van der Waals surface area contributed by atoms with Crippen LogP contribution >= 0.6 is 0 Å². The van der Waals surface area contributed by atoms with Gasteiger partial charge in [0.05, 0.1) is 7.11 Å². The number of nitrogens with zero attached hydrogens (tertiary/aromatic N) is 3. The lowest BCUT2D eigenvalue weighted by Crippen LogP contribution is -2.00. The molecule has 2 aromatic carbocycles. The average molecular weight is 307 g/mol. The molecule has 0 aliphatic carbocycles. The number of carbonyl (C=O) groups excluding carboxylic acids is 1. The minimum atomic E-state index is 0.624. The molecule has 0 bridgehead atoms. The fourth-order valence-electron chi connectivity index (χ4n) is 2.39. The molecule has 0 saturated carbocycles. The second kappa shape index (κ2) is 6.44. The van der Waals surface area contributed by atoms with Crippen LogP contribution < -0.4 is 4.74 Å². The van der Waals surface area contributed by atoms with Crippen LogP contribution in [0.5, 0.6) is 5.75 Å². The maximum Gasteiger partial charge on any atom is 0.181 e. The molecule has 23 heavy (non-hydrogen) atoms. The first-order valence-corrected chi connectivity index (χ1v) is 7.40. The highest BCUT2D eigenvalue weighted by atomic mass is 16.5. The Hall–Kier alpha value is -2.95. The van der Waals surface area contributed by atoms with E-state index in [-0.39, 0.29) is 0 Å². The van der Waals surface area contributed by atoms with Gasteiger partial charge in [-0.3, -0.25) is 4.79 Å². The molecule has 0 atom stereocenters. The van der Waals surface area contributed by atoms with Crippen molar-refractivity contribution in [2.75, 3.05) is 7.11 Å². The largest absolute Gasteiger partial charge is 0.497 e. The molecular formula is C18H17N3O2. The van der Waals surface area contributed by atoms with Gasteiger partial charge in [-0.15, -0.1) is 0 Å². The molecule has 0 saturated heterocycles. The molecule has 5 heteroatoms. The predicted molar refractivity (Wildman–Crippen MR) is 88.5 cm³/mol. The van der Waals surface area contributed by atoms with Crippen molar-refractivity contribution in [3.63, 3.8) is 0 Å². The van der Waals surface area contributed by atoms with Crippen molar-refractivity contribution < 1.29 is 9.53 Å². The second-order valence-electron chi connectivity index (χ2n) is 5.05. The number of rotatable bonds is 5. The summed E-state index contributed by atoms with van der Waals surface area (Å²) in [6.45, 7) is 2.71. The second-order valence-corrected chi connectivity index (χ2v) is 5.05. The smallest absolute Gasteiger partial charge is 0.181 e. The molecule has 0 unspecified atom stereocenters. The van der Waals surface area contributed by atoms with E-state index >= 15 is 0 Å². The molecule has 0 N–H and O–H groups in total. The zero-order valence-corrected chi connectivity index (χ0v) is 13.1. The van der Waals surface area contributed by atoms with Gasteiger partial charge in [-0.1, -0.05) is 18.2 Å². The lowest BCUT2D eigenvalue weighted by Gasteiger charge is -2.02. The summed E-state index contributed by atoms with van der Waals surface area (Å²) in [7, 11) is 1.64. The molecule has 0 aliphatic heterocycles. The third-order valence-corrected chi connectivity index (χ3v) is 3.60. The molecule has 3 aromatic rings. The van der Waals surface area contributed by atoms with Crippen LogP contribution in [0.3, 0.4) is 0 Å². The van der Waals surface area contributed by atoms with Crippen LogP contribution in [0.15, 0.2) is 48.5 Å². The minimum Gasteiger partial charge on any atom is -0.497 e. The van der Waals surface area contributed by atoms with Crippen molar-refractivity contribution in [1.82, 2.24) is 14.8 Å². The molecule has 0 fully saturated rings. The van der Waals surface area contributed by atoms with Crippen molar-refractivity contribution in [1.29, 1.82) is 0 Å². The van der Waals surface area contributed by atoms with Crippen molar-refractivity contribution >= 4 is 6.29 Å². The average Bonchev–Trinajstić information content (AvgIpc) is 3.06. The Morgan fingerprint density at radius 3 is 2.57 bits per heavy atom. The number of benzene rings is 2. The molecule has 1 aromatic heterocycles. The van der Waals surface area contributed by atoms with Gasteiger partial charge in [0.1, 0.15) is 12.0 Å². The summed E-state index contributed by atoms with van der Waals surface area (Å²) in [5.41, 5.74) is 2.42. The monoisotopic (exact) mass is 307 g/mol. The van der Waals surface area contributed by atoms with Gasteiger partial charge >= 0.3 is 0 Å². The SMILES string of the molecule is CCn1nc(-c2ccc(OC)cc2)nc1-c1cccc(C=O)c1. The number of hydrogen-bond acceptors (Lipinski definition) is 4. The van der Waals surface area contributed by atoms with E-state index in [0.717, 1.165) is 29.0 Å². The van der Waals surface area contributed by atoms with Gasteiger partial charge in [0, 0.05) is 23.2 Å². The summed E-state index contributed by atoms with van der Waals surface area (Å²) in [4.78, 5) is 15.6. The summed E-state index contributed by atoms with van der Waals surface area (Å²) in [5.74, 6) is 2.20.